The Morgan fingerprint density at radius 2 is 1.17 bits per heavy atom. The van der Waals surface area contributed by atoms with Gasteiger partial charge in [-0.05, 0) is 36.6 Å². The van der Waals surface area contributed by atoms with Gasteiger partial charge in [-0.15, -0.1) is 0 Å². The second-order valence-corrected chi connectivity index (χ2v) is 13.5. The molecule has 3 aromatic rings. The summed E-state index contributed by atoms with van der Waals surface area (Å²) in [7, 11) is -1.36. The molecule has 0 radical (unpaired) electrons. The van der Waals surface area contributed by atoms with Gasteiger partial charge in [0, 0.05) is 13.1 Å². The predicted octanol–water partition coefficient (Wildman–Crippen LogP) is 6.64. The Labute approximate surface area is 184 Å². The van der Waals surface area contributed by atoms with E-state index in [0.717, 1.165) is 26.1 Å². The minimum atomic E-state index is -1.36. The van der Waals surface area contributed by atoms with Crippen LogP contribution in [0.2, 0.25) is 19.1 Å². The highest BCUT2D eigenvalue weighted by Crippen LogP contribution is 2.13. The fraction of sp³-hybridized carbons (Fsp3) is 0.286. The minimum Gasteiger partial charge on any atom is -0.295 e. The zero-order valence-electron chi connectivity index (χ0n) is 18.5. The van der Waals surface area contributed by atoms with Gasteiger partial charge < -0.3 is 0 Å². The van der Waals surface area contributed by atoms with Crippen LogP contribution in [0.3, 0.4) is 0 Å². The topological polar surface area (TPSA) is 3.24 Å². The molecule has 0 fully saturated rings. The molecule has 0 aliphatic carbocycles. The molecule has 0 saturated heterocycles. The predicted molar refractivity (Wildman–Crippen MR) is 134 cm³/mol. The molecule has 156 valence electrons. The molecule has 2 heteroatoms. The molecule has 0 heterocycles. The summed E-state index contributed by atoms with van der Waals surface area (Å²) in [6, 6.07) is 33.9. The van der Waals surface area contributed by atoms with Crippen molar-refractivity contribution in [2.45, 2.75) is 45.1 Å². The zero-order chi connectivity index (χ0) is 21.1. The average molecular weight is 414 g/mol. The summed E-state index contributed by atoms with van der Waals surface area (Å²) in [4.78, 5) is 2.57. The van der Waals surface area contributed by atoms with Gasteiger partial charge in [0.15, 0.2) is 0 Å². The highest BCUT2D eigenvalue weighted by atomic mass is 28.3. The van der Waals surface area contributed by atoms with E-state index in [0.29, 0.717) is 0 Å². The number of benzene rings is 3. The van der Waals surface area contributed by atoms with Gasteiger partial charge in [-0.3, -0.25) is 4.90 Å². The fourth-order valence-corrected chi connectivity index (χ4v) is 5.92. The number of allylic oxidation sites excluding steroid dienone is 2. The minimum absolute atomic E-state index is 1.01. The first kappa shape index (κ1) is 22.3. The first-order valence-corrected chi connectivity index (χ1v) is 14.3. The van der Waals surface area contributed by atoms with Crippen LogP contribution >= 0.6 is 0 Å². The smallest absolute Gasteiger partial charge is 0.0843 e. The molecule has 0 saturated carbocycles. The number of hydrogen-bond donors (Lipinski definition) is 0. The van der Waals surface area contributed by atoms with E-state index in [9.17, 15) is 0 Å². The lowest BCUT2D eigenvalue weighted by molar-refractivity contribution is 0.254. The lowest BCUT2D eigenvalue weighted by Gasteiger charge is -2.22. The Morgan fingerprint density at radius 3 is 1.70 bits per heavy atom. The van der Waals surface area contributed by atoms with Crippen molar-refractivity contribution in [2.24, 2.45) is 0 Å². The average Bonchev–Trinajstić information content (AvgIpc) is 2.78. The second-order valence-electron chi connectivity index (χ2n) is 8.75. The summed E-state index contributed by atoms with van der Waals surface area (Å²) in [5.41, 5.74) is 2.78. The largest absolute Gasteiger partial charge is 0.295 e. The van der Waals surface area contributed by atoms with Crippen molar-refractivity contribution in [3.8, 4) is 0 Å². The molecule has 0 unspecified atom stereocenters. The van der Waals surface area contributed by atoms with Gasteiger partial charge in [0.25, 0.3) is 0 Å². The molecule has 0 aliphatic heterocycles. The van der Waals surface area contributed by atoms with Crippen molar-refractivity contribution in [1.82, 2.24) is 4.90 Å². The number of hydrogen-bond acceptors (Lipinski definition) is 1. The van der Waals surface area contributed by atoms with E-state index in [1.165, 1.54) is 23.6 Å². The molecule has 0 amide bonds. The lowest BCUT2D eigenvalue weighted by atomic mass is 10.1. The molecule has 3 aromatic carbocycles. The van der Waals surface area contributed by atoms with Crippen molar-refractivity contribution in [3.63, 3.8) is 0 Å². The van der Waals surface area contributed by atoms with Crippen LogP contribution < -0.4 is 5.19 Å². The summed E-state index contributed by atoms with van der Waals surface area (Å²) in [5.74, 6) is 0. The summed E-state index contributed by atoms with van der Waals surface area (Å²) >= 11 is 0. The monoisotopic (exact) mass is 413 g/mol. The molecule has 0 N–H and O–H groups in total. The Hall–Kier alpha value is -2.42. The molecule has 1 nitrogen and oxygen atoms in total. The van der Waals surface area contributed by atoms with Crippen LogP contribution in [0.4, 0.5) is 0 Å². The molecule has 0 spiro atoms. The fourth-order valence-electron chi connectivity index (χ4n) is 3.83. The van der Waals surface area contributed by atoms with E-state index in [2.05, 4.69) is 121 Å². The van der Waals surface area contributed by atoms with E-state index in [4.69, 9.17) is 0 Å². The summed E-state index contributed by atoms with van der Waals surface area (Å²) in [6.07, 6.45) is 7.18. The van der Waals surface area contributed by atoms with Gasteiger partial charge in [0.2, 0.25) is 0 Å². The van der Waals surface area contributed by atoms with Gasteiger partial charge in [0.05, 0.1) is 8.07 Å². The molecular formula is C28H35NSi. The van der Waals surface area contributed by atoms with Gasteiger partial charge in [-0.25, -0.2) is 0 Å². The molecular weight excluding hydrogens is 378 g/mol. The normalized spacial score (nSPS) is 12.0. The summed E-state index contributed by atoms with van der Waals surface area (Å²) < 4.78 is 0. The second kappa shape index (κ2) is 11.7. The number of unbranched alkanes of at least 4 members (excludes halogenated alkanes) is 1. The standard InChI is InChI=1S/C28H35NSi/c1-30(2,28-20-12-7-13-21-28)23-15-4-3-14-22-29(24-26-16-8-5-9-17-26)25-27-18-10-6-11-19-27/h4-13,15-21H,3,14,22-25H2,1-2H3/b15-4+. The highest BCUT2D eigenvalue weighted by Gasteiger charge is 2.20. The van der Waals surface area contributed by atoms with Crippen LogP contribution in [0.1, 0.15) is 24.0 Å². The van der Waals surface area contributed by atoms with Crippen molar-refractivity contribution in [1.29, 1.82) is 0 Å². The Kier molecular flexibility index (Phi) is 8.67. The van der Waals surface area contributed by atoms with Gasteiger partial charge in [-0.1, -0.05) is 121 Å². The summed E-state index contributed by atoms with van der Waals surface area (Å²) in [5, 5.41) is 1.55. The molecule has 0 aromatic heterocycles. The maximum absolute atomic E-state index is 2.57. The van der Waals surface area contributed by atoms with Gasteiger partial charge in [-0.2, -0.15) is 0 Å². The van der Waals surface area contributed by atoms with Crippen molar-refractivity contribution < 1.29 is 0 Å². The molecule has 30 heavy (non-hydrogen) atoms. The number of rotatable bonds is 11. The highest BCUT2D eigenvalue weighted by molar-refractivity contribution is 6.90. The molecule has 0 bridgehead atoms. The Bertz CT molecular complexity index is 831. The molecule has 3 rings (SSSR count). The van der Waals surface area contributed by atoms with Crippen LogP contribution in [-0.2, 0) is 13.1 Å². The van der Waals surface area contributed by atoms with Crippen LogP contribution in [0.5, 0.6) is 0 Å². The van der Waals surface area contributed by atoms with Gasteiger partial charge in [0.1, 0.15) is 0 Å². The van der Waals surface area contributed by atoms with Crippen LogP contribution in [0.25, 0.3) is 0 Å². The van der Waals surface area contributed by atoms with E-state index in [1.807, 2.05) is 0 Å². The van der Waals surface area contributed by atoms with Crippen molar-refractivity contribution in [3.05, 3.63) is 114 Å². The first-order chi connectivity index (χ1) is 14.6. The lowest BCUT2D eigenvalue weighted by Crippen LogP contribution is -2.40. The number of nitrogens with zero attached hydrogens (tertiary/aromatic N) is 1. The van der Waals surface area contributed by atoms with E-state index >= 15 is 0 Å². The van der Waals surface area contributed by atoms with Crippen LogP contribution in [-0.4, -0.2) is 19.5 Å². The Balaban J connectivity index is 1.49. The molecule has 0 atom stereocenters. The third kappa shape index (κ3) is 7.44. The summed E-state index contributed by atoms with van der Waals surface area (Å²) in [6.45, 7) is 8.07. The zero-order valence-corrected chi connectivity index (χ0v) is 19.5. The maximum Gasteiger partial charge on any atom is 0.0843 e. The third-order valence-corrected chi connectivity index (χ3v) is 8.85. The van der Waals surface area contributed by atoms with Crippen molar-refractivity contribution in [2.75, 3.05) is 6.54 Å². The van der Waals surface area contributed by atoms with E-state index < -0.39 is 8.07 Å². The molecule has 0 aliphatic rings. The van der Waals surface area contributed by atoms with Crippen LogP contribution in [0, 0.1) is 0 Å². The third-order valence-electron chi connectivity index (χ3n) is 5.69. The van der Waals surface area contributed by atoms with Crippen LogP contribution in [0.15, 0.2) is 103 Å². The SMILES string of the molecule is C[Si](C)(C/C=C/CCCN(Cc1ccccc1)Cc1ccccc1)c1ccccc1. The maximum atomic E-state index is 2.57. The van der Waals surface area contributed by atoms with Gasteiger partial charge >= 0.3 is 0 Å². The van der Waals surface area contributed by atoms with E-state index in [-0.39, 0.29) is 0 Å². The quantitative estimate of drug-likeness (QED) is 0.193. The van der Waals surface area contributed by atoms with E-state index in [1.54, 1.807) is 5.19 Å². The Morgan fingerprint density at radius 1 is 0.667 bits per heavy atom. The van der Waals surface area contributed by atoms with Crippen molar-refractivity contribution >= 4 is 13.3 Å². The first-order valence-electron chi connectivity index (χ1n) is 11.1.